The molecule has 1 N–H and O–H groups in total. The minimum atomic E-state index is -4.46. The number of alkyl halides is 3. The summed E-state index contributed by atoms with van der Waals surface area (Å²) in [6.45, 7) is 1.35. The minimum Gasteiger partial charge on any atom is -0.454 e. The van der Waals surface area contributed by atoms with Gasteiger partial charge in [0.2, 0.25) is 12.7 Å². The number of nitrogens with one attached hydrogen (secondary N) is 1. The number of Topliss-reactive ketones (excluding diaryl/α,β-unsaturated/α-hetero) is 1. The first-order chi connectivity index (χ1) is 12.7. The second kappa shape index (κ2) is 7.14. The van der Waals surface area contributed by atoms with Gasteiger partial charge in [0, 0.05) is 17.7 Å². The van der Waals surface area contributed by atoms with E-state index in [-0.39, 0.29) is 29.4 Å². The van der Waals surface area contributed by atoms with E-state index >= 15 is 0 Å². The van der Waals surface area contributed by atoms with Crippen LogP contribution in [-0.4, -0.2) is 18.5 Å². The quantitative estimate of drug-likeness (QED) is 0.638. The molecule has 140 valence electrons. The van der Waals surface area contributed by atoms with Crippen LogP contribution in [-0.2, 0) is 11.0 Å². The molecule has 1 aliphatic rings. The zero-order valence-corrected chi connectivity index (χ0v) is 14.1. The van der Waals surface area contributed by atoms with Gasteiger partial charge in [-0.25, -0.2) is 0 Å². The third-order valence-electron chi connectivity index (χ3n) is 3.79. The molecule has 0 atom stereocenters. The second-order valence-electron chi connectivity index (χ2n) is 5.75. The number of rotatable bonds is 4. The van der Waals surface area contributed by atoms with Crippen molar-refractivity contribution in [1.82, 2.24) is 0 Å². The Kier molecular flexibility index (Phi) is 4.89. The highest BCUT2D eigenvalue weighted by Crippen LogP contribution is 2.37. The Morgan fingerprint density at radius 3 is 2.48 bits per heavy atom. The van der Waals surface area contributed by atoms with Crippen LogP contribution >= 0.6 is 0 Å². The average molecular weight is 377 g/mol. The third-order valence-corrected chi connectivity index (χ3v) is 3.79. The van der Waals surface area contributed by atoms with E-state index in [9.17, 15) is 22.8 Å². The van der Waals surface area contributed by atoms with Crippen molar-refractivity contribution in [2.45, 2.75) is 13.1 Å². The number of amides is 1. The van der Waals surface area contributed by atoms with E-state index in [0.29, 0.717) is 11.5 Å². The molecular formula is C19H14F3NO4. The van der Waals surface area contributed by atoms with Crippen LogP contribution in [0.5, 0.6) is 11.5 Å². The van der Waals surface area contributed by atoms with Crippen LogP contribution in [0.2, 0.25) is 0 Å². The van der Waals surface area contributed by atoms with Crippen molar-refractivity contribution in [3.05, 3.63) is 59.2 Å². The lowest BCUT2D eigenvalue weighted by Crippen LogP contribution is -2.11. The number of ketones is 1. The van der Waals surface area contributed by atoms with Crippen molar-refractivity contribution in [2.75, 3.05) is 12.1 Å². The standard InChI is InChI=1S/C19H14F3NO4/c1-11(24)14-8-16-17(27-10-26-16)9-15(14)23-18(25)6-5-12-3-2-4-13(7-12)19(20,21)22/h2-9H,10H2,1H3,(H,23,25)/b6-5+. The molecule has 0 unspecified atom stereocenters. The van der Waals surface area contributed by atoms with Gasteiger partial charge in [0.1, 0.15) is 0 Å². The Morgan fingerprint density at radius 2 is 1.81 bits per heavy atom. The third kappa shape index (κ3) is 4.28. The summed E-state index contributed by atoms with van der Waals surface area (Å²) >= 11 is 0. The number of halogens is 3. The minimum absolute atomic E-state index is 0.0134. The maximum absolute atomic E-state index is 12.7. The summed E-state index contributed by atoms with van der Waals surface area (Å²) < 4.78 is 48.6. The van der Waals surface area contributed by atoms with Crippen molar-refractivity contribution in [1.29, 1.82) is 0 Å². The predicted octanol–water partition coefficient (Wildman–Crippen LogP) is 4.29. The molecule has 1 heterocycles. The molecular weight excluding hydrogens is 363 g/mol. The highest BCUT2D eigenvalue weighted by atomic mass is 19.4. The lowest BCUT2D eigenvalue weighted by molar-refractivity contribution is -0.137. The molecule has 2 aromatic carbocycles. The Balaban J connectivity index is 1.79. The van der Waals surface area contributed by atoms with Crippen LogP contribution in [0.25, 0.3) is 6.08 Å². The molecule has 1 amide bonds. The highest BCUT2D eigenvalue weighted by molar-refractivity contribution is 6.08. The number of benzene rings is 2. The van der Waals surface area contributed by atoms with Gasteiger partial charge in [-0.15, -0.1) is 0 Å². The van der Waals surface area contributed by atoms with Gasteiger partial charge in [0.15, 0.2) is 17.3 Å². The predicted molar refractivity (Wildman–Crippen MR) is 91.7 cm³/mol. The van der Waals surface area contributed by atoms with Gasteiger partial charge < -0.3 is 14.8 Å². The van der Waals surface area contributed by atoms with E-state index in [1.807, 2.05) is 0 Å². The first-order valence-corrected chi connectivity index (χ1v) is 7.85. The zero-order chi connectivity index (χ0) is 19.6. The van der Waals surface area contributed by atoms with Gasteiger partial charge in [-0.1, -0.05) is 12.1 Å². The summed E-state index contributed by atoms with van der Waals surface area (Å²) in [5, 5.41) is 2.53. The zero-order valence-electron chi connectivity index (χ0n) is 14.1. The molecule has 0 radical (unpaired) electrons. The summed E-state index contributed by atoms with van der Waals surface area (Å²) in [6.07, 6.45) is -2.12. The van der Waals surface area contributed by atoms with Crippen LogP contribution in [0.15, 0.2) is 42.5 Å². The van der Waals surface area contributed by atoms with Crippen molar-refractivity contribution >= 4 is 23.5 Å². The first kappa shape index (κ1) is 18.5. The SMILES string of the molecule is CC(=O)c1cc2c(cc1NC(=O)/C=C/c1cccc(C(F)(F)F)c1)OCO2. The lowest BCUT2D eigenvalue weighted by Gasteiger charge is -2.09. The van der Waals surface area contributed by atoms with E-state index in [1.54, 1.807) is 0 Å². The average Bonchev–Trinajstić information content (AvgIpc) is 3.06. The molecule has 0 aromatic heterocycles. The highest BCUT2D eigenvalue weighted by Gasteiger charge is 2.30. The van der Waals surface area contributed by atoms with Crippen molar-refractivity contribution in [3.8, 4) is 11.5 Å². The van der Waals surface area contributed by atoms with Gasteiger partial charge >= 0.3 is 6.18 Å². The first-order valence-electron chi connectivity index (χ1n) is 7.85. The molecule has 0 aliphatic carbocycles. The number of hydrogen-bond donors (Lipinski definition) is 1. The smallest absolute Gasteiger partial charge is 0.416 e. The van der Waals surface area contributed by atoms with E-state index < -0.39 is 17.6 Å². The number of carbonyl (C=O) groups is 2. The largest absolute Gasteiger partial charge is 0.454 e. The molecule has 27 heavy (non-hydrogen) atoms. The van der Waals surface area contributed by atoms with Crippen LogP contribution in [0.4, 0.5) is 18.9 Å². The van der Waals surface area contributed by atoms with Crippen molar-refractivity contribution in [3.63, 3.8) is 0 Å². The second-order valence-corrected chi connectivity index (χ2v) is 5.75. The van der Waals surface area contributed by atoms with Gasteiger partial charge in [-0.2, -0.15) is 13.2 Å². The monoisotopic (exact) mass is 377 g/mol. The Hall–Kier alpha value is -3.29. The fraction of sp³-hybridized carbons (Fsp3) is 0.158. The molecule has 0 bridgehead atoms. The number of fused-ring (bicyclic) bond motifs is 1. The molecule has 0 spiro atoms. The van der Waals surface area contributed by atoms with Gasteiger partial charge in [0.25, 0.3) is 0 Å². The van der Waals surface area contributed by atoms with Crippen LogP contribution in [0.3, 0.4) is 0 Å². The number of ether oxygens (including phenoxy) is 2. The van der Waals surface area contributed by atoms with Crippen LogP contribution in [0.1, 0.15) is 28.4 Å². The van der Waals surface area contributed by atoms with Crippen LogP contribution < -0.4 is 14.8 Å². The van der Waals surface area contributed by atoms with E-state index in [4.69, 9.17) is 9.47 Å². The summed E-state index contributed by atoms with van der Waals surface area (Å²) in [5.74, 6) is -0.103. The summed E-state index contributed by atoms with van der Waals surface area (Å²) in [7, 11) is 0. The molecule has 5 nitrogen and oxygen atoms in total. The molecule has 3 rings (SSSR count). The molecule has 0 fully saturated rings. The molecule has 0 saturated carbocycles. The van der Waals surface area contributed by atoms with E-state index in [1.165, 1.54) is 37.3 Å². The summed E-state index contributed by atoms with van der Waals surface area (Å²) in [6, 6.07) is 7.52. The van der Waals surface area contributed by atoms with Crippen LogP contribution in [0, 0.1) is 0 Å². The molecule has 1 aliphatic heterocycles. The number of carbonyl (C=O) groups excluding carboxylic acids is 2. The van der Waals surface area contributed by atoms with Crippen molar-refractivity contribution < 1.29 is 32.2 Å². The Labute approximate surface area is 152 Å². The topological polar surface area (TPSA) is 64.6 Å². The number of anilines is 1. The van der Waals surface area contributed by atoms with Gasteiger partial charge in [-0.3, -0.25) is 9.59 Å². The maximum atomic E-state index is 12.7. The number of hydrogen-bond acceptors (Lipinski definition) is 4. The Morgan fingerprint density at radius 1 is 1.11 bits per heavy atom. The fourth-order valence-electron chi connectivity index (χ4n) is 2.50. The normalized spacial score (nSPS) is 13.0. The van der Waals surface area contributed by atoms with E-state index in [0.717, 1.165) is 18.2 Å². The molecule has 2 aromatic rings. The van der Waals surface area contributed by atoms with Gasteiger partial charge in [0.05, 0.1) is 11.3 Å². The summed E-state index contributed by atoms with van der Waals surface area (Å²) in [4.78, 5) is 23.9. The van der Waals surface area contributed by atoms with Crippen molar-refractivity contribution in [2.24, 2.45) is 0 Å². The fourth-order valence-corrected chi connectivity index (χ4v) is 2.50. The maximum Gasteiger partial charge on any atom is 0.416 e. The molecule has 0 saturated heterocycles. The van der Waals surface area contributed by atoms with Gasteiger partial charge in [-0.05, 0) is 36.8 Å². The lowest BCUT2D eigenvalue weighted by atomic mass is 10.1. The Bertz CT molecular complexity index is 935. The summed E-state index contributed by atoms with van der Waals surface area (Å²) in [5.41, 5.74) is -0.123. The molecule has 8 heteroatoms. The van der Waals surface area contributed by atoms with E-state index in [2.05, 4.69) is 5.32 Å².